The summed E-state index contributed by atoms with van der Waals surface area (Å²) < 4.78 is 0. The molecular weight excluding hydrogens is 298 g/mol. The highest BCUT2D eigenvalue weighted by atomic mass is 35.5. The molecule has 0 spiro atoms. The minimum Gasteiger partial charge on any atom is -0.378 e. The minimum absolute atomic E-state index is 0.0902. The lowest BCUT2D eigenvalue weighted by atomic mass is 10.2. The van der Waals surface area contributed by atoms with Gasteiger partial charge in [-0.25, -0.2) is 0 Å². The second kappa shape index (κ2) is 7.18. The van der Waals surface area contributed by atoms with Crippen molar-refractivity contribution in [1.82, 2.24) is 0 Å². The third-order valence-corrected chi connectivity index (χ3v) is 3.52. The number of rotatable bonds is 5. The molecule has 2 aromatic rings. The van der Waals surface area contributed by atoms with E-state index in [1.165, 1.54) is 0 Å². The fourth-order valence-corrected chi connectivity index (χ4v) is 2.08. The Bertz CT molecular complexity index is 623. The number of carbonyl (C=O) groups excluding carboxylic acids is 1. The van der Waals surface area contributed by atoms with Gasteiger partial charge in [-0.2, -0.15) is 0 Å². The molecule has 2 aromatic carbocycles. The number of nitrogens with one attached hydrogen (secondary N) is 2. The second-order valence-corrected chi connectivity index (χ2v) is 5.74. The van der Waals surface area contributed by atoms with Crippen LogP contribution in [-0.2, 0) is 4.79 Å². The average Bonchev–Trinajstić information content (AvgIpc) is 2.50. The molecule has 4 nitrogen and oxygen atoms in total. The smallest absolute Gasteiger partial charge is 0.246 e. The Morgan fingerprint density at radius 1 is 1.00 bits per heavy atom. The molecule has 0 unspecified atom stereocenters. The maximum absolute atomic E-state index is 12.2. The van der Waals surface area contributed by atoms with Gasteiger partial charge in [0, 0.05) is 36.2 Å². The molecule has 2 N–H and O–H groups in total. The van der Waals surface area contributed by atoms with Gasteiger partial charge in [0.25, 0.3) is 0 Å². The Hall–Kier alpha value is -2.20. The van der Waals surface area contributed by atoms with Gasteiger partial charge in [0.1, 0.15) is 6.04 Å². The van der Waals surface area contributed by atoms with Crippen molar-refractivity contribution in [3.63, 3.8) is 0 Å². The number of hydrogen-bond acceptors (Lipinski definition) is 3. The summed E-state index contributed by atoms with van der Waals surface area (Å²) in [4.78, 5) is 14.2. The zero-order chi connectivity index (χ0) is 16.1. The molecule has 22 heavy (non-hydrogen) atoms. The Balaban J connectivity index is 1.94. The van der Waals surface area contributed by atoms with Gasteiger partial charge in [-0.1, -0.05) is 11.6 Å². The van der Waals surface area contributed by atoms with Crippen molar-refractivity contribution in [1.29, 1.82) is 0 Å². The first-order chi connectivity index (χ1) is 10.5. The molecule has 0 saturated heterocycles. The lowest BCUT2D eigenvalue weighted by Gasteiger charge is -2.16. The van der Waals surface area contributed by atoms with Crippen molar-refractivity contribution in [2.45, 2.75) is 13.0 Å². The Morgan fingerprint density at radius 2 is 1.55 bits per heavy atom. The van der Waals surface area contributed by atoms with E-state index >= 15 is 0 Å². The van der Waals surface area contributed by atoms with Crippen LogP contribution in [0.25, 0.3) is 0 Å². The summed E-state index contributed by atoms with van der Waals surface area (Å²) in [6.45, 7) is 1.82. The Kier molecular flexibility index (Phi) is 5.28. The van der Waals surface area contributed by atoms with Crippen LogP contribution in [0.4, 0.5) is 17.1 Å². The SMILES string of the molecule is C[C@@H](Nc1ccc(Cl)cc1)C(=O)Nc1ccc(N(C)C)cc1. The van der Waals surface area contributed by atoms with Gasteiger partial charge in [0.05, 0.1) is 0 Å². The van der Waals surface area contributed by atoms with E-state index in [4.69, 9.17) is 11.6 Å². The van der Waals surface area contributed by atoms with Gasteiger partial charge in [-0.15, -0.1) is 0 Å². The van der Waals surface area contributed by atoms with Gasteiger partial charge in [0.15, 0.2) is 0 Å². The van der Waals surface area contributed by atoms with Crippen molar-refractivity contribution >= 4 is 34.6 Å². The predicted molar refractivity (Wildman–Crippen MR) is 93.9 cm³/mol. The van der Waals surface area contributed by atoms with E-state index in [2.05, 4.69) is 10.6 Å². The molecule has 0 heterocycles. The molecule has 0 aliphatic rings. The van der Waals surface area contributed by atoms with E-state index < -0.39 is 0 Å². The van der Waals surface area contributed by atoms with Gasteiger partial charge in [-0.3, -0.25) is 4.79 Å². The highest BCUT2D eigenvalue weighted by molar-refractivity contribution is 6.30. The molecule has 0 bridgehead atoms. The summed E-state index contributed by atoms with van der Waals surface area (Å²) in [6.07, 6.45) is 0. The van der Waals surface area contributed by atoms with Crippen molar-refractivity contribution in [3.05, 3.63) is 53.6 Å². The van der Waals surface area contributed by atoms with E-state index in [-0.39, 0.29) is 11.9 Å². The van der Waals surface area contributed by atoms with Crippen molar-refractivity contribution in [2.24, 2.45) is 0 Å². The van der Waals surface area contributed by atoms with E-state index in [9.17, 15) is 4.79 Å². The number of carbonyl (C=O) groups is 1. The first-order valence-electron chi connectivity index (χ1n) is 7.06. The van der Waals surface area contributed by atoms with E-state index in [0.717, 1.165) is 17.1 Å². The average molecular weight is 318 g/mol. The predicted octanol–water partition coefficient (Wildman–Crippen LogP) is 3.85. The van der Waals surface area contributed by atoms with Crippen LogP contribution in [0.15, 0.2) is 48.5 Å². The molecule has 0 aromatic heterocycles. The van der Waals surface area contributed by atoms with Crippen LogP contribution in [0.2, 0.25) is 5.02 Å². The van der Waals surface area contributed by atoms with Crippen LogP contribution in [0, 0.1) is 0 Å². The number of hydrogen-bond donors (Lipinski definition) is 2. The Labute approximate surface area is 136 Å². The van der Waals surface area contributed by atoms with Crippen LogP contribution < -0.4 is 15.5 Å². The monoisotopic (exact) mass is 317 g/mol. The highest BCUT2D eigenvalue weighted by Crippen LogP contribution is 2.17. The number of benzene rings is 2. The fourth-order valence-electron chi connectivity index (χ4n) is 1.96. The van der Waals surface area contributed by atoms with Crippen LogP contribution in [0.5, 0.6) is 0 Å². The molecule has 1 atom stereocenters. The fraction of sp³-hybridized carbons (Fsp3) is 0.235. The maximum Gasteiger partial charge on any atom is 0.246 e. The number of anilines is 3. The van der Waals surface area contributed by atoms with Crippen molar-refractivity contribution in [3.8, 4) is 0 Å². The standard InChI is InChI=1S/C17H20ClN3O/c1-12(19-14-6-4-13(18)5-7-14)17(22)20-15-8-10-16(11-9-15)21(2)3/h4-12,19H,1-3H3,(H,20,22)/t12-/m1/s1. The van der Waals surface area contributed by atoms with Gasteiger partial charge in [0.2, 0.25) is 5.91 Å². The molecule has 0 saturated carbocycles. The molecule has 0 radical (unpaired) electrons. The largest absolute Gasteiger partial charge is 0.378 e. The molecule has 0 aliphatic carbocycles. The number of halogens is 1. The molecule has 2 rings (SSSR count). The van der Waals surface area contributed by atoms with Crippen LogP contribution in [0.1, 0.15) is 6.92 Å². The summed E-state index contributed by atoms with van der Waals surface area (Å²) in [6, 6.07) is 14.6. The van der Waals surface area contributed by atoms with Gasteiger partial charge in [-0.05, 0) is 55.5 Å². The molecule has 116 valence electrons. The number of amides is 1. The highest BCUT2D eigenvalue weighted by Gasteiger charge is 2.12. The van der Waals surface area contributed by atoms with E-state index in [1.54, 1.807) is 12.1 Å². The normalized spacial score (nSPS) is 11.6. The zero-order valence-electron chi connectivity index (χ0n) is 12.9. The van der Waals surface area contributed by atoms with Crippen LogP contribution >= 0.6 is 11.6 Å². The molecule has 0 fully saturated rings. The van der Waals surface area contributed by atoms with Crippen LogP contribution in [-0.4, -0.2) is 26.0 Å². The zero-order valence-corrected chi connectivity index (χ0v) is 13.7. The minimum atomic E-state index is -0.352. The van der Waals surface area contributed by atoms with E-state index in [1.807, 2.05) is 62.3 Å². The second-order valence-electron chi connectivity index (χ2n) is 5.30. The van der Waals surface area contributed by atoms with Crippen molar-refractivity contribution < 1.29 is 4.79 Å². The molecule has 1 amide bonds. The summed E-state index contributed by atoms with van der Waals surface area (Å²) in [5.41, 5.74) is 2.72. The third kappa shape index (κ3) is 4.40. The van der Waals surface area contributed by atoms with Gasteiger partial charge < -0.3 is 15.5 Å². The maximum atomic E-state index is 12.2. The topological polar surface area (TPSA) is 44.4 Å². The summed E-state index contributed by atoms with van der Waals surface area (Å²) >= 11 is 5.84. The first kappa shape index (κ1) is 16.2. The Morgan fingerprint density at radius 3 is 2.09 bits per heavy atom. The van der Waals surface area contributed by atoms with Crippen LogP contribution in [0.3, 0.4) is 0 Å². The lowest BCUT2D eigenvalue weighted by molar-refractivity contribution is -0.116. The first-order valence-corrected chi connectivity index (χ1v) is 7.44. The molecule has 0 aliphatic heterocycles. The van der Waals surface area contributed by atoms with Crippen molar-refractivity contribution in [2.75, 3.05) is 29.6 Å². The molecular formula is C17H20ClN3O. The summed E-state index contributed by atoms with van der Waals surface area (Å²) in [5, 5.41) is 6.70. The summed E-state index contributed by atoms with van der Waals surface area (Å²) in [7, 11) is 3.96. The summed E-state index contributed by atoms with van der Waals surface area (Å²) in [5.74, 6) is -0.0902. The van der Waals surface area contributed by atoms with E-state index in [0.29, 0.717) is 5.02 Å². The number of nitrogens with zero attached hydrogens (tertiary/aromatic N) is 1. The molecule has 5 heteroatoms. The lowest BCUT2D eigenvalue weighted by Crippen LogP contribution is -2.31. The van der Waals surface area contributed by atoms with Gasteiger partial charge >= 0.3 is 0 Å². The third-order valence-electron chi connectivity index (χ3n) is 3.27. The quantitative estimate of drug-likeness (QED) is 0.880.